The predicted octanol–water partition coefficient (Wildman–Crippen LogP) is 17.0. The Morgan fingerprint density at radius 2 is 0.924 bits per heavy atom. The summed E-state index contributed by atoms with van der Waals surface area (Å²) in [7, 11) is 0. The highest BCUT2D eigenvalue weighted by Gasteiger charge is 2.21. The van der Waals surface area contributed by atoms with Crippen LogP contribution in [0.15, 0.2) is 229 Å². The molecule has 0 atom stereocenters. The van der Waals surface area contributed by atoms with Crippen molar-refractivity contribution in [2.24, 2.45) is 0 Å². The van der Waals surface area contributed by atoms with Crippen LogP contribution in [0.4, 0.5) is 0 Å². The number of furan rings is 1. The van der Waals surface area contributed by atoms with E-state index >= 15 is 0 Å². The Labute approximate surface area is 384 Å². The number of aromatic nitrogens is 3. The molecule has 3 aromatic heterocycles. The molecule has 0 unspecified atom stereocenters. The van der Waals surface area contributed by atoms with Gasteiger partial charge in [0.15, 0.2) is 17.5 Å². The summed E-state index contributed by atoms with van der Waals surface area (Å²) >= 11 is 1.78. The van der Waals surface area contributed by atoms with Crippen LogP contribution in [0.5, 0.6) is 0 Å². The molecule has 0 aliphatic rings. The number of thiophene rings is 1. The third-order valence-corrected chi connectivity index (χ3v) is 14.0. The lowest BCUT2D eigenvalue weighted by Crippen LogP contribution is -2.00. The summed E-state index contributed by atoms with van der Waals surface area (Å²) in [6, 6.07) is 79.3. The summed E-state index contributed by atoms with van der Waals surface area (Å²) in [5.41, 5.74) is 13.6. The Morgan fingerprint density at radius 3 is 1.73 bits per heavy atom. The largest absolute Gasteiger partial charge is 0.455 e. The summed E-state index contributed by atoms with van der Waals surface area (Å²) in [6.45, 7) is 0. The Balaban J connectivity index is 0.958. The topological polar surface area (TPSA) is 51.8 Å². The first-order valence-electron chi connectivity index (χ1n) is 22.2. The van der Waals surface area contributed by atoms with Crippen molar-refractivity contribution < 1.29 is 4.42 Å². The highest BCUT2D eigenvalue weighted by molar-refractivity contribution is 7.26. The van der Waals surface area contributed by atoms with Gasteiger partial charge in [0.25, 0.3) is 0 Å². The first-order valence-corrected chi connectivity index (χ1v) is 23.0. The van der Waals surface area contributed by atoms with Gasteiger partial charge in [0.1, 0.15) is 11.2 Å². The van der Waals surface area contributed by atoms with Crippen LogP contribution in [0, 0.1) is 0 Å². The normalized spacial score (nSPS) is 11.6. The van der Waals surface area contributed by atoms with Crippen molar-refractivity contribution in [2.45, 2.75) is 0 Å². The fourth-order valence-electron chi connectivity index (χ4n) is 9.64. The second kappa shape index (κ2) is 15.6. The molecule has 0 fully saturated rings. The van der Waals surface area contributed by atoms with E-state index in [9.17, 15) is 0 Å². The van der Waals surface area contributed by atoms with Crippen molar-refractivity contribution >= 4 is 64.2 Å². The Bertz CT molecular complexity index is 3990. The zero-order valence-corrected chi connectivity index (χ0v) is 36.3. The molecule has 0 bridgehead atoms. The van der Waals surface area contributed by atoms with E-state index in [2.05, 4.69) is 206 Å². The molecule has 0 N–H and O–H groups in total. The van der Waals surface area contributed by atoms with Gasteiger partial charge < -0.3 is 4.42 Å². The SMILES string of the molecule is c1ccc(-c2ccc3sc4c(-c5nc(-c6ccccc6)nc(-c6cccc7c6oc6cc(-c8ccccc8-c8ccc9ccccc9c8-c8ccccc8)ccc67)n5)cccc4c3c2)cc1. The fraction of sp³-hybridized carbons (Fsp3) is 0. The van der Waals surface area contributed by atoms with Gasteiger partial charge in [0.2, 0.25) is 0 Å². The van der Waals surface area contributed by atoms with Crippen LogP contribution in [-0.4, -0.2) is 15.0 Å². The summed E-state index contributed by atoms with van der Waals surface area (Å²) in [4.78, 5) is 15.7. The number of hydrogen-bond acceptors (Lipinski definition) is 5. The highest BCUT2D eigenvalue weighted by atomic mass is 32.1. The lowest BCUT2D eigenvalue weighted by Gasteiger charge is -2.17. The van der Waals surface area contributed by atoms with Crippen LogP contribution in [0.3, 0.4) is 0 Å². The smallest absolute Gasteiger partial charge is 0.167 e. The third kappa shape index (κ3) is 6.40. The van der Waals surface area contributed by atoms with Gasteiger partial charge in [-0.05, 0) is 91.7 Å². The second-order valence-corrected chi connectivity index (χ2v) is 17.7. The minimum atomic E-state index is 0.559. The molecule has 0 spiro atoms. The molecule has 5 heteroatoms. The standard InChI is InChI=1S/C61H37N3OS/c1-4-16-38(17-5-1)42-32-35-55-53(36-42)50-27-15-29-52(58(50)66-55)61-63-59(41-21-8-3-9-22-41)62-60(64-61)51-28-14-26-49-47-33-31-43(37-54(47)65-57(49)51)44-23-12-13-25-46(44)48-34-30-39-18-10-11-24-45(39)56(48)40-19-6-2-7-20-40/h1-37H. The van der Waals surface area contributed by atoms with Crippen molar-refractivity contribution in [1.29, 1.82) is 0 Å². The molecule has 0 saturated carbocycles. The molecule has 0 amide bonds. The molecule has 4 nitrogen and oxygen atoms in total. The van der Waals surface area contributed by atoms with Gasteiger partial charge in [-0.3, -0.25) is 0 Å². The van der Waals surface area contributed by atoms with Crippen LogP contribution in [0.1, 0.15) is 0 Å². The highest BCUT2D eigenvalue weighted by Crippen LogP contribution is 2.45. The predicted molar refractivity (Wildman–Crippen MR) is 276 cm³/mol. The van der Waals surface area contributed by atoms with E-state index in [1.807, 2.05) is 18.2 Å². The summed E-state index contributed by atoms with van der Waals surface area (Å²) in [5.74, 6) is 1.79. The Hall–Kier alpha value is -8.51. The second-order valence-electron chi connectivity index (χ2n) is 16.6. The molecule has 0 saturated heterocycles. The van der Waals surface area contributed by atoms with Crippen LogP contribution < -0.4 is 0 Å². The van der Waals surface area contributed by atoms with Crippen molar-refractivity contribution in [3.05, 3.63) is 224 Å². The van der Waals surface area contributed by atoms with Crippen LogP contribution in [0.25, 0.3) is 132 Å². The minimum Gasteiger partial charge on any atom is -0.455 e. The van der Waals surface area contributed by atoms with Crippen molar-refractivity contribution in [3.63, 3.8) is 0 Å². The molecular weight excluding hydrogens is 823 g/mol. The van der Waals surface area contributed by atoms with E-state index in [0.29, 0.717) is 17.5 Å². The van der Waals surface area contributed by atoms with Gasteiger partial charge in [-0.1, -0.05) is 188 Å². The zero-order valence-electron chi connectivity index (χ0n) is 35.5. The van der Waals surface area contributed by atoms with Crippen LogP contribution >= 0.6 is 11.3 Å². The van der Waals surface area contributed by atoms with Gasteiger partial charge in [-0.15, -0.1) is 11.3 Å². The van der Waals surface area contributed by atoms with Crippen LogP contribution in [-0.2, 0) is 0 Å². The van der Waals surface area contributed by atoms with E-state index in [0.717, 1.165) is 60.0 Å². The molecule has 308 valence electrons. The third-order valence-electron chi connectivity index (χ3n) is 12.8. The number of benzene rings is 10. The molecule has 3 heterocycles. The van der Waals surface area contributed by atoms with E-state index in [4.69, 9.17) is 19.4 Å². The maximum absolute atomic E-state index is 6.95. The Kier molecular flexibility index (Phi) is 9.00. The van der Waals surface area contributed by atoms with Gasteiger partial charge in [-0.25, -0.2) is 15.0 Å². The average Bonchev–Trinajstić information content (AvgIpc) is 3.97. The van der Waals surface area contributed by atoms with Gasteiger partial charge in [-0.2, -0.15) is 0 Å². The average molecular weight is 860 g/mol. The first kappa shape index (κ1) is 38.0. The van der Waals surface area contributed by atoms with Crippen molar-refractivity contribution in [1.82, 2.24) is 15.0 Å². The molecule has 0 aliphatic heterocycles. The van der Waals surface area contributed by atoms with E-state index < -0.39 is 0 Å². The molecule has 10 aromatic carbocycles. The van der Waals surface area contributed by atoms with E-state index in [-0.39, 0.29) is 0 Å². The quantitative estimate of drug-likeness (QED) is 0.160. The van der Waals surface area contributed by atoms with Gasteiger partial charge in [0.05, 0.1) is 5.56 Å². The maximum atomic E-state index is 6.95. The number of fused-ring (bicyclic) bond motifs is 7. The fourth-order valence-corrected chi connectivity index (χ4v) is 10.8. The van der Waals surface area contributed by atoms with Crippen molar-refractivity contribution in [3.8, 4) is 78.7 Å². The molecule has 0 aliphatic carbocycles. The number of rotatable bonds is 7. The van der Waals surface area contributed by atoms with Gasteiger partial charge in [0, 0.05) is 42.1 Å². The lowest BCUT2D eigenvalue weighted by atomic mass is 9.86. The number of hydrogen-bond donors (Lipinski definition) is 0. The van der Waals surface area contributed by atoms with E-state index in [1.165, 1.54) is 54.1 Å². The summed E-state index contributed by atoms with van der Waals surface area (Å²) < 4.78 is 9.31. The molecular formula is C61H37N3OS. The summed E-state index contributed by atoms with van der Waals surface area (Å²) in [5, 5.41) is 6.89. The lowest BCUT2D eigenvalue weighted by molar-refractivity contribution is 0.669. The van der Waals surface area contributed by atoms with Crippen LogP contribution in [0.2, 0.25) is 0 Å². The maximum Gasteiger partial charge on any atom is 0.167 e. The Morgan fingerprint density at radius 1 is 0.318 bits per heavy atom. The molecule has 13 rings (SSSR count). The minimum absolute atomic E-state index is 0.559. The molecule has 66 heavy (non-hydrogen) atoms. The number of nitrogens with zero attached hydrogens (tertiary/aromatic N) is 3. The van der Waals surface area contributed by atoms with E-state index in [1.54, 1.807) is 11.3 Å². The molecule has 0 radical (unpaired) electrons. The first-order chi connectivity index (χ1) is 32.7. The number of para-hydroxylation sites is 1. The van der Waals surface area contributed by atoms with Gasteiger partial charge >= 0.3 is 0 Å². The zero-order chi connectivity index (χ0) is 43.6. The van der Waals surface area contributed by atoms with Crippen molar-refractivity contribution in [2.75, 3.05) is 0 Å². The molecule has 13 aromatic rings. The monoisotopic (exact) mass is 859 g/mol. The summed E-state index contributed by atoms with van der Waals surface area (Å²) in [6.07, 6.45) is 0.